The van der Waals surface area contributed by atoms with E-state index in [1.165, 1.54) is 0 Å². The van der Waals surface area contributed by atoms with E-state index >= 15 is 0 Å². The Balaban J connectivity index is 2.54. The summed E-state index contributed by atoms with van der Waals surface area (Å²) >= 11 is 5.77. The summed E-state index contributed by atoms with van der Waals surface area (Å²) in [5, 5.41) is 9.68. The normalized spacial score (nSPS) is 12.4. The highest BCUT2D eigenvalue weighted by Crippen LogP contribution is 2.12. The minimum absolute atomic E-state index is 0.371. The molecule has 0 saturated heterocycles. The van der Waals surface area contributed by atoms with Gasteiger partial charge in [0.2, 0.25) is 0 Å². The second-order valence-corrected chi connectivity index (χ2v) is 4.32. The van der Waals surface area contributed by atoms with E-state index < -0.39 is 12.1 Å². The number of ether oxygens (including phenoxy) is 1. The van der Waals surface area contributed by atoms with Gasteiger partial charge in [0.15, 0.2) is 6.10 Å². The van der Waals surface area contributed by atoms with Crippen molar-refractivity contribution < 1.29 is 14.6 Å². The molecule has 1 aromatic carbocycles. The molecule has 0 aliphatic carbocycles. The van der Waals surface area contributed by atoms with Crippen molar-refractivity contribution in [1.29, 1.82) is 0 Å². The molecule has 0 aromatic heterocycles. The van der Waals surface area contributed by atoms with Crippen molar-refractivity contribution in [3.63, 3.8) is 0 Å². The zero-order chi connectivity index (χ0) is 12.7. The van der Waals surface area contributed by atoms with Crippen LogP contribution in [0.5, 0.6) is 0 Å². The molecule has 1 aromatic rings. The zero-order valence-corrected chi connectivity index (χ0v) is 10.6. The van der Waals surface area contributed by atoms with E-state index in [2.05, 4.69) is 0 Å². The highest BCUT2D eigenvalue weighted by molar-refractivity contribution is 6.30. The lowest BCUT2D eigenvalue weighted by atomic mass is 10.1. The predicted molar refractivity (Wildman–Crippen MR) is 67.4 cm³/mol. The molecular formula is C13H17ClO3. The maximum atomic E-state index is 11.0. The van der Waals surface area contributed by atoms with Gasteiger partial charge in [0.1, 0.15) is 0 Å². The van der Waals surface area contributed by atoms with Gasteiger partial charge in [0.05, 0.1) is 0 Å². The second kappa shape index (κ2) is 7.30. The molecule has 1 rings (SSSR count). The molecule has 0 spiro atoms. The fraction of sp³-hybridized carbons (Fsp3) is 0.462. The molecule has 0 amide bonds. The number of hydrogen-bond acceptors (Lipinski definition) is 2. The van der Waals surface area contributed by atoms with Crippen molar-refractivity contribution in [3.05, 3.63) is 34.9 Å². The van der Waals surface area contributed by atoms with Crippen LogP contribution in [-0.2, 0) is 16.0 Å². The van der Waals surface area contributed by atoms with Crippen LogP contribution >= 0.6 is 11.6 Å². The van der Waals surface area contributed by atoms with Gasteiger partial charge in [-0.15, -0.1) is 0 Å². The third kappa shape index (κ3) is 5.20. The van der Waals surface area contributed by atoms with Gasteiger partial charge in [-0.1, -0.05) is 37.1 Å². The number of hydrogen-bond donors (Lipinski definition) is 1. The molecule has 0 radical (unpaired) electrons. The van der Waals surface area contributed by atoms with Crippen LogP contribution in [0.2, 0.25) is 5.02 Å². The first kappa shape index (κ1) is 14.0. The Labute approximate surface area is 106 Å². The fourth-order valence-corrected chi connectivity index (χ4v) is 1.55. The molecule has 1 atom stereocenters. The van der Waals surface area contributed by atoms with Crippen molar-refractivity contribution in [2.24, 2.45) is 0 Å². The van der Waals surface area contributed by atoms with Gasteiger partial charge in [-0.25, -0.2) is 4.79 Å². The molecule has 94 valence electrons. The quantitative estimate of drug-likeness (QED) is 0.763. The van der Waals surface area contributed by atoms with E-state index in [4.69, 9.17) is 21.4 Å². The molecule has 1 N–H and O–H groups in total. The topological polar surface area (TPSA) is 46.5 Å². The first-order chi connectivity index (χ1) is 8.13. The van der Waals surface area contributed by atoms with Crippen molar-refractivity contribution in [2.45, 2.75) is 32.3 Å². The number of carboxylic acids is 1. The van der Waals surface area contributed by atoms with Gasteiger partial charge in [-0.3, -0.25) is 0 Å². The molecule has 4 heteroatoms. The summed E-state index contributed by atoms with van der Waals surface area (Å²) < 4.78 is 5.35. The largest absolute Gasteiger partial charge is 0.479 e. The van der Waals surface area contributed by atoms with E-state index in [9.17, 15) is 4.79 Å². The Morgan fingerprint density at radius 3 is 2.59 bits per heavy atom. The summed E-state index contributed by atoms with van der Waals surface area (Å²) in [4.78, 5) is 11.0. The fourth-order valence-electron chi connectivity index (χ4n) is 1.42. The van der Waals surface area contributed by atoms with Crippen molar-refractivity contribution in [1.82, 2.24) is 0 Å². The molecule has 1 unspecified atom stereocenters. The lowest BCUT2D eigenvalue weighted by Gasteiger charge is -2.13. The molecule has 0 bridgehead atoms. The summed E-state index contributed by atoms with van der Waals surface area (Å²) in [6.45, 7) is 2.53. The van der Waals surface area contributed by atoms with Crippen molar-refractivity contribution in [3.8, 4) is 0 Å². The first-order valence-electron chi connectivity index (χ1n) is 5.72. The first-order valence-corrected chi connectivity index (χ1v) is 6.10. The number of rotatable bonds is 7. The Morgan fingerprint density at radius 1 is 1.41 bits per heavy atom. The van der Waals surface area contributed by atoms with Crippen LogP contribution in [0.15, 0.2) is 24.3 Å². The summed E-state index contributed by atoms with van der Waals surface area (Å²) in [5.74, 6) is -0.920. The Kier molecular flexibility index (Phi) is 6.01. The summed E-state index contributed by atoms with van der Waals surface area (Å²) in [7, 11) is 0. The number of carboxylic acid groups (broad SMARTS) is 1. The van der Waals surface area contributed by atoms with E-state index in [0.717, 1.165) is 18.4 Å². The van der Waals surface area contributed by atoms with Crippen LogP contribution < -0.4 is 0 Å². The molecule has 0 saturated carbocycles. The van der Waals surface area contributed by atoms with Crippen LogP contribution in [-0.4, -0.2) is 23.8 Å². The minimum Gasteiger partial charge on any atom is -0.479 e. The lowest BCUT2D eigenvalue weighted by molar-refractivity contribution is -0.150. The molecule has 0 fully saturated rings. The average Bonchev–Trinajstić information content (AvgIpc) is 2.30. The molecule has 17 heavy (non-hydrogen) atoms. The van der Waals surface area contributed by atoms with Gasteiger partial charge >= 0.3 is 5.97 Å². The van der Waals surface area contributed by atoms with Gasteiger partial charge in [0, 0.05) is 18.1 Å². The monoisotopic (exact) mass is 256 g/mol. The number of aliphatic carboxylic acids is 1. The average molecular weight is 257 g/mol. The Bertz CT molecular complexity index is 348. The molecule has 0 aliphatic rings. The van der Waals surface area contributed by atoms with Gasteiger partial charge in [0.25, 0.3) is 0 Å². The van der Waals surface area contributed by atoms with Crippen molar-refractivity contribution >= 4 is 17.6 Å². The van der Waals surface area contributed by atoms with Crippen LogP contribution in [0.3, 0.4) is 0 Å². The number of carbonyl (C=O) groups is 1. The second-order valence-electron chi connectivity index (χ2n) is 3.88. The molecule has 0 aliphatic heterocycles. The third-order valence-corrected chi connectivity index (χ3v) is 2.68. The van der Waals surface area contributed by atoms with Gasteiger partial charge < -0.3 is 9.84 Å². The van der Waals surface area contributed by atoms with Crippen LogP contribution in [0, 0.1) is 0 Å². The van der Waals surface area contributed by atoms with Crippen molar-refractivity contribution in [2.75, 3.05) is 6.61 Å². The Hall–Kier alpha value is -1.06. The van der Waals surface area contributed by atoms with Crippen LogP contribution in [0.4, 0.5) is 0 Å². The van der Waals surface area contributed by atoms with Gasteiger partial charge in [-0.05, 0) is 24.1 Å². The maximum Gasteiger partial charge on any atom is 0.333 e. The van der Waals surface area contributed by atoms with Crippen LogP contribution in [0.25, 0.3) is 0 Å². The third-order valence-electron chi connectivity index (χ3n) is 2.43. The highest BCUT2D eigenvalue weighted by Gasteiger charge is 2.18. The predicted octanol–water partition coefficient (Wildman–Crippen LogP) is 3.15. The molecule has 0 heterocycles. The van der Waals surface area contributed by atoms with E-state index in [0.29, 0.717) is 18.1 Å². The summed E-state index contributed by atoms with van der Waals surface area (Å²) in [5.41, 5.74) is 0.915. The highest BCUT2D eigenvalue weighted by atomic mass is 35.5. The molecule has 3 nitrogen and oxygen atoms in total. The van der Waals surface area contributed by atoms with E-state index in [1.807, 2.05) is 19.1 Å². The number of unbranched alkanes of at least 4 members (excludes halogenated alkanes) is 1. The lowest BCUT2D eigenvalue weighted by Crippen LogP contribution is -2.26. The smallest absolute Gasteiger partial charge is 0.333 e. The number of benzene rings is 1. The maximum absolute atomic E-state index is 11.0. The van der Waals surface area contributed by atoms with E-state index in [1.54, 1.807) is 12.1 Å². The SMILES string of the molecule is CCCCOC(Cc1ccc(Cl)cc1)C(=O)O. The number of halogens is 1. The summed E-state index contributed by atoms with van der Waals surface area (Å²) in [6, 6.07) is 7.15. The van der Waals surface area contributed by atoms with E-state index in [-0.39, 0.29) is 0 Å². The minimum atomic E-state index is -0.920. The standard InChI is InChI=1S/C13H17ClO3/c1-2-3-8-17-12(13(15)16)9-10-4-6-11(14)7-5-10/h4-7,12H,2-3,8-9H2,1H3,(H,15,16). The van der Waals surface area contributed by atoms with Gasteiger partial charge in [-0.2, -0.15) is 0 Å². The van der Waals surface area contributed by atoms with Crippen LogP contribution in [0.1, 0.15) is 25.3 Å². The zero-order valence-electron chi connectivity index (χ0n) is 9.86. The summed E-state index contributed by atoms with van der Waals surface area (Å²) in [6.07, 6.45) is 1.47. The molecular weight excluding hydrogens is 240 g/mol. The Morgan fingerprint density at radius 2 is 2.06 bits per heavy atom.